The summed E-state index contributed by atoms with van der Waals surface area (Å²) < 4.78 is 80.4. The second kappa shape index (κ2) is 10.2. The maximum Gasteiger partial charge on any atom is 0.417 e. The first-order valence-corrected chi connectivity index (χ1v) is 11.0. The van der Waals surface area contributed by atoms with Crippen LogP contribution in [0.25, 0.3) is 16.9 Å². The Bertz CT molecular complexity index is 1530. The quantitative estimate of drug-likeness (QED) is 0.225. The van der Waals surface area contributed by atoms with E-state index in [4.69, 9.17) is 10.2 Å². The number of hydrogen-bond acceptors (Lipinski definition) is 4. The lowest BCUT2D eigenvalue weighted by atomic mass is 10.0. The Labute approximate surface area is 215 Å². The lowest BCUT2D eigenvalue weighted by Crippen LogP contribution is -2.13. The summed E-state index contributed by atoms with van der Waals surface area (Å²) in [5.41, 5.74) is -1.75. The monoisotopic (exact) mass is 549 g/mol. The smallest absolute Gasteiger partial charge is 0.417 e. The van der Waals surface area contributed by atoms with E-state index in [0.717, 1.165) is 18.2 Å². The molecule has 0 bridgehead atoms. The Morgan fingerprint density at radius 3 is 2.00 bits per heavy atom. The average molecular weight is 549 g/mol. The van der Waals surface area contributed by atoms with Crippen LogP contribution in [0.3, 0.4) is 0 Å². The van der Waals surface area contributed by atoms with Gasteiger partial charge in [0.25, 0.3) is 0 Å². The Morgan fingerprint density at radius 2 is 1.46 bits per heavy atom. The molecule has 39 heavy (non-hydrogen) atoms. The van der Waals surface area contributed by atoms with Gasteiger partial charge in [-0.2, -0.15) is 31.4 Å². The van der Waals surface area contributed by atoms with Gasteiger partial charge in [-0.25, -0.2) is 14.3 Å². The number of rotatable bonds is 7. The average Bonchev–Trinajstić information content (AvgIpc) is 3.30. The minimum Gasteiger partial charge on any atom is -0.478 e. The van der Waals surface area contributed by atoms with E-state index in [1.807, 2.05) is 0 Å². The molecule has 0 saturated heterocycles. The van der Waals surface area contributed by atoms with E-state index in [1.54, 1.807) is 0 Å². The normalized spacial score (nSPS) is 11.8. The highest BCUT2D eigenvalue weighted by Crippen LogP contribution is 2.35. The zero-order valence-electron chi connectivity index (χ0n) is 19.5. The van der Waals surface area contributed by atoms with Crippen molar-refractivity contribution in [3.63, 3.8) is 0 Å². The number of carbonyl (C=O) groups is 2. The lowest BCUT2D eigenvalue weighted by Gasteiger charge is -2.13. The van der Waals surface area contributed by atoms with Crippen LogP contribution >= 0.6 is 0 Å². The highest BCUT2D eigenvalue weighted by Gasteiger charge is 2.35. The zero-order chi connectivity index (χ0) is 28.5. The SMILES string of the molecule is O=C(O)c1ccc(-c2nn(-c3ccc(C(F)(F)F)cc3)cc2CNc2ccc(C(=O)O)c(C(F)(F)F)c2)cc1. The van der Waals surface area contributed by atoms with Gasteiger partial charge < -0.3 is 15.5 Å². The number of carboxylic acid groups (broad SMARTS) is 2. The van der Waals surface area contributed by atoms with Gasteiger partial charge in [0.05, 0.1) is 33.6 Å². The van der Waals surface area contributed by atoms with E-state index in [-0.39, 0.29) is 29.2 Å². The maximum atomic E-state index is 13.4. The molecular weight excluding hydrogens is 532 g/mol. The van der Waals surface area contributed by atoms with Crippen LogP contribution < -0.4 is 5.32 Å². The molecule has 0 fully saturated rings. The molecule has 3 N–H and O–H groups in total. The molecule has 202 valence electrons. The highest BCUT2D eigenvalue weighted by molar-refractivity contribution is 5.90. The van der Waals surface area contributed by atoms with Crippen molar-refractivity contribution in [1.29, 1.82) is 0 Å². The summed E-state index contributed by atoms with van der Waals surface area (Å²) in [6.07, 6.45) is -8.00. The van der Waals surface area contributed by atoms with Crippen LogP contribution in [0.15, 0.2) is 72.9 Å². The number of carboxylic acids is 2. The van der Waals surface area contributed by atoms with Crippen molar-refractivity contribution in [3.05, 3.63) is 101 Å². The van der Waals surface area contributed by atoms with Gasteiger partial charge in [0, 0.05) is 29.6 Å². The van der Waals surface area contributed by atoms with Gasteiger partial charge in [-0.3, -0.25) is 0 Å². The molecule has 0 radical (unpaired) electrons. The Hall–Kier alpha value is -4.81. The first kappa shape index (κ1) is 27.2. The van der Waals surface area contributed by atoms with E-state index in [1.165, 1.54) is 53.3 Å². The summed E-state index contributed by atoms with van der Waals surface area (Å²) in [5.74, 6) is -2.90. The highest BCUT2D eigenvalue weighted by atomic mass is 19.4. The number of aromatic carboxylic acids is 2. The second-order valence-electron chi connectivity index (χ2n) is 8.29. The molecular formula is C26H17F6N3O4. The van der Waals surface area contributed by atoms with Crippen molar-refractivity contribution in [1.82, 2.24) is 9.78 Å². The molecule has 7 nitrogen and oxygen atoms in total. The third kappa shape index (κ3) is 6.03. The zero-order valence-corrected chi connectivity index (χ0v) is 19.5. The van der Waals surface area contributed by atoms with Crippen LogP contribution in [-0.4, -0.2) is 31.9 Å². The van der Waals surface area contributed by atoms with Crippen molar-refractivity contribution in [2.45, 2.75) is 18.9 Å². The number of nitrogens with one attached hydrogen (secondary N) is 1. The third-order valence-corrected chi connectivity index (χ3v) is 5.69. The predicted molar refractivity (Wildman–Crippen MR) is 127 cm³/mol. The molecule has 13 heteroatoms. The minimum absolute atomic E-state index is 0.00111. The van der Waals surface area contributed by atoms with Crippen molar-refractivity contribution in [2.75, 3.05) is 5.32 Å². The number of benzene rings is 3. The number of anilines is 1. The van der Waals surface area contributed by atoms with E-state index >= 15 is 0 Å². The van der Waals surface area contributed by atoms with Gasteiger partial charge in [-0.05, 0) is 54.6 Å². The number of halogens is 6. The summed E-state index contributed by atoms with van der Waals surface area (Å²) in [5, 5.41) is 25.4. The fraction of sp³-hybridized carbons (Fsp3) is 0.115. The van der Waals surface area contributed by atoms with Crippen molar-refractivity contribution in [2.24, 2.45) is 0 Å². The molecule has 3 aromatic carbocycles. The fourth-order valence-corrected chi connectivity index (χ4v) is 3.76. The number of alkyl halides is 6. The topological polar surface area (TPSA) is 104 Å². The third-order valence-electron chi connectivity index (χ3n) is 5.69. The molecule has 0 unspecified atom stereocenters. The van der Waals surface area contributed by atoms with E-state index in [2.05, 4.69) is 10.4 Å². The molecule has 0 aliphatic rings. The van der Waals surface area contributed by atoms with Crippen molar-refractivity contribution >= 4 is 17.6 Å². The first-order chi connectivity index (χ1) is 18.2. The number of nitrogens with zero attached hydrogens (tertiary/aromatic N) is 2. The summed E-state index contributed by atoms with van der Waals surface area (Å²) in [4.78, 5) is 22.4. The van der Waals surface area contributed by atoms with Crippen molar-refractivity contribution < 1.29 is 46.1 Å². The van der Waals surface area contributed by atoms with Gasteiger partial charge in [0.1, 0.15) is 0 Å². The Balaban J connectivity index is 1.71. The van der Waals surface area contributed by atoms with Crippen molar-refractivity contribution in [3.8, 4) is 16.9 Å². The standard InChI is InChI=1S/C26H17F6N3O4/c27-25(28,29)17-5-8-19(9-6-17)35-13-16(22(34-35)14-1-3-15(4-2-14)23(36)37)12-33-18-7-10-20(24(38)39)21(11-18)26(30,31)32/h1-11,13,33H,12H2,(H,36,37)(H,38,39). The molecule has 1 aromatic heterocycles. The summed E-state index contributed by atoms with van der Waals surface area (Å²) in [6.45, 7) is -0.111. The Morgan fingerprint density at radius 1 is 0.821 bits per heavy atom. The maximum absolute atomic E-state index is 13.4. The first-order valence-electron chi connectivity index (χ1n) is 11.0. The summed E-state index contributed by atoms with van der Waals surface area (Å²) in [7, 11) is 0. The summed E-state index contributed by atoms with van der Waals surface area (Å²) >= 11 is 0. The van der Waals surface area contributed by atoms with Gasteiger partial charge in [-0.15, -0.1) is 0 Å². The van der Waals surface area contributed by atoms with Gasteiger partial charge in [0.15, 0.2) is 0 Å². The largest absolute Gasteiger partial charge is 0.478 e. The Kier molecular flexibility index (Phi) is 7.09. The number of aromatic nitrogens is 2. The van der Waals surface area contributed by atoms with Crippen LogP contribution in [-0.2, 0) is 18.9 Å². The van der Waals surface area contributed by atoms with E-state index in [9.17, 15) is 35.9 Å². The van der Waals surface area contributed by atoms with E-state index < -0.39 is 41.0 Å². The molecule has 0 amide bonds. The summed E-state index contributed by atoms with van der Waals surface area (Å²) in [6, 6.07) is 12.4. The number of hydrogen-bond donors (Lipinski definition) is 3. The van der Waals surface area contributed by atoms with E-state index in [0.29, 0.717) is 17.2 Å². The second-order valence-corrected chi connectivity index (χ2v) is 8.29. The molecule has 0 aliphatic heterocycles. The molecule has 1 heterocycles. The molecule has 0 spiro atoms. The predicted octanol–water partition coefficient (Wildman–Crippen LogP) is 6.59. The minimum atomic E-state index is -4.92. The van der Waals surface area contributed by atoms with Crippen LogP contribution in [0.5, 0.6) is 0 Å². The fourth-order valence-electron chi connectivity index (χ4n) is 3.76. The van der Waals surface area contributed by atoms with Gasteiger partial charge >= 0.3 is 24.3 Å². The molecule has 4 rings (SSSR count). The van der Waals surface area contributed by atoms with Gasteiger partial charge in [-0.1, -0.05) is 12.1 Å². The molecule has 4 aromatic rings. The van der Waals surface area contributed by atoms with Crippen LogP contribution in [0, 0.1) is 0 Å². The molecule has 0 aliphatic carbocycles. The van der Waals surface area contributed by atoms with Gasteiger partial charge in [0.2, 0.25) is 0 Å². The van der Waals surface area contributed by atoms with Crippen LogP contribution in [0.1, 0.15) is 37.4 Å². The van der Waals surface area contributed by atoms with Crippen LogP contribution in [0.2, 0.25) is 0 Å². The lowest BCUT2D eigenvalue weighted by molar-refractivity contribution is -0.138. The molecule has 0 saturated carbocycles. The molecule has 0 atom stereocenters. The van der Waals surface area contributed by atoms with Crippen LogP contribution in [0.4, 0.5) is 32.0 Å².